The first kappa shape index (κ1) is 28.7. The first-order valence-corrected chi connectivity index (χ1v) is 14.4. The van der Waals surface area contributed by atoms with Gasteiger partial charge >= 0.3 is 0 Å². The first-order chi connectivity index (χ1) is 18.3. The second kappa shape index (κ2) is 13.2. The third-order valence-electron chi connectivity index (χ3n) is 7.50. The Kier molecular flexibility index (Phi) is 9.97. The number of hydrogen-bond acceptors (Lipinski definition) is 10. The van der Waals surface area contributed by atoms with E-state index in [4.69, 9.17) is 4.74 Å². The molecule has 2 fully saturated rings. The van der Waals surface area contributed by atoms with Gasteiger partial charge in [-0.3, -0.25) is 9.69 Å². The Bertz CT molecular complexity index is 1030. The van der Waals surface area contributed by atoms with Crippen molar-refractivity contribution in [3.63, 3.8) is 0 Å². The number of carbonyl (C=O) groups excluding carboxylic acids is 1. The van der Waals surface area contributed by atoms with Gasteiger partial charge < -0.3 is 30.7 Å². The zero-order valence-electron chi connectivity index (χ0n) is 22.1. The Labute approximate surface area is 228 Å². The van der Waals surface area contributed by atoms with E-state index in [2.05, 4.69) is 32.4 Å². The number of aliphatic hydroxyl groups is 3. The number of aliphatic hydroxyl groups excluding tert-OH is 3. The molecule has 8 atom stereocenters. The van der Waals surface area contributed by atoms with E-state index in [1.54, 1.807) is 18.6 Å². The monoisotopic (exact) mass is 545 g/mol. The van der Waals surface area contributed by atoms with E-state index < -0.39 is 35.9 Å². The van der Waals surface area contributed by atoms with Gasteiger partial charge in [0, 0.05) is 36.7 Å². The molecule has 0 aliphatic carbocycles. The number of ether oxygens (including phenoxy) is 1. The minimum Gasteiger partial charge on any atom is -0.388 e. The van der Waals surface area contributed by atoms with E-state index in [0.29, 0.717) is 5.92 Å². The molecule has 2 aromatic rings. The smallest absolute Gasteiger partial charge is 0.237 e. The van der Waals surface area contributed by atoms with Crippen molar-refractivity contribution in [3.8, 4) is 11.1 Å². The Morgan fingerprint density at radius 3 is 2.50 bits per heavy atom. The number of nitrogens with one attached hydrogen (secondary N) is 2. The number of aromatic nitrogens is 2. The molecule has 2 aliphatic heterocycles. The van der Waals surface area contributed by atoms with Crippen molar-refractivity contribution in [3.05, 3.63) is 43.0 Å². The molecule has 1 aromatic carbocycles. The van der Waals surface area contributed by atoms with Crippen LogP contribution in [0.1, 0.15) is 26.2 Å². The van der Waals surface area contributed by atoms with Crippen molar-refractivity contribution < 1.29 is 24.9 Å². The second-order valence-electron chi connectivity index (χ2n) is 10.2. The molecule has 0 saturated carbocycles. The van der Waals surface area contributed by atoms with Crippen molar-refractivity contribution in [2.75, 3.05) is 31.7 Å². The molecule has 10 nitrogen and oxygen atoms in total. The molecule has 2 saturated heterocycles. The van der Waals surface area contributed by atoms with E-state index in [1.165, 1.54) is 18.1 Å². The van der Waals surface area contributed by atoms with Crippen LogP contribution in [0.25, 0.3) is 11.1 Å². The summed E-state index contributed by atoms with van der Waals surface area (Å²) in [6, 6.07) is 6.81. The van der Waals surface area contributed by atoms with Gasteiger partial charge in [0.15, 0.2) is 0 Å². The van der Waals surface area contributed by atoms with Crippen LogP contribution in [0.4, 0.5) is 5.69 Å². The van der Waals surface area contributed by atoms with Gasteiger partial charge in [0.05, 0.1) is 12.1 Å². The van der Waals surface area contributed by atoms with Crippen LogP contribution in [-0.2, 0) is 9.53 Å². The maximum Gasteiger partial charge on any atom is 0.237 e. The lowest BCUT2D eigenvalue weighted by Crippen LogP contribution is -2.64. The van der Waals surface area contributed by atoms with Gasteiger partial charge in [0.25, 0.3) is 0 Å². The third kappa shape index (κ3) is 6.64. The molecular formula is C27H39N5O5S. The summed E-state index contributed by atoms with van der Waals surface area (Å²) in [6.07, 6.45) is 4.78. The van der Waals surface area contributed by atoms with Gasteiger partial charge in [-0.05, 0) is 49.8 Å². The molecule has 0 radical (unpaired) electrons. The van der Waals surface area contributed by atoms with Gasteiger partial charge in [-0.2, -0.15) is 0 Å². The highest BCUT2D eigenvalue weighted by molar-refractivity contribution is 7.99. The number of thioether (sulfide) groups is 1. The molecule has 3 unspecified atom stereocenters. The van der Waals surface area contributed by atoms with E-state index in [1.807, 2.05) is 31.3 Å². The summed E-state index contributed by atoms with van der Waals surface area (Å²) in [5, 5.41) is 38.1. The molecule has 3 heterocycles. The number of likely N-dealkylation sites (tertiary alicyclic amines) is 1. The van der Waals surface area contributed by atoms with Gasteiger partial charge in [-0.1, -0.05) is 25.5 Å². The number of amides is 1. The molecule has 1 aromatic heterocycles. The number of benzene rings is 1. The number of nitrogens with zero attached hydrogens (tertiary/aromatic N) is 3. The quantitative estimate of drug-likeness (QED) is 0.297. The van der Waals surface area contributed by atoms with E-state index in [-0.39, 0.29) is 18.5 Å². The number of carbonyl (C=O) groups is 1. The Balaban J connectivity index is 1.49. The number of rotatable bonds is 10. The van der Waals surface area contributed by atoms with Crippen LogP contribution in [0.3, 0.4) is 0 Å². The number of hydrogen-bond donors (Lipinski definition) is 5. The second-order valence-corrected chi connectivity index (χ2v) is 11.2. The lowest BCUT2D eigenvalue weighted by Gasteiger charge is -2.43. The SMILES string of the molecule is CCC[C@@H]1C[C@@H](C(=O)N[C@H](CNc2ccc(-c3cncnc3)cc2)[C@H]2OC(SC)[C@H](O)C(O)C2O)N(C)C1. The average molecular weight is 546 g/mol. The summed E-state index contributed by atoms with van der Waals surface area (Å²) >= 11 is 1.25. The topological polar surface area (TPSA) is 140 Å². The standard InChI is InChI=1S/C27H39N5O5S/c1-4-5-16-10-21(32(2)14-16)26(36)31-20(25-23(34)22(33)24(35)27(37-25)38-3)13-30-19-8-6-17(7-9-19)18-11-28-15-29-12-18/h6-9,11-12,15-16,20-25,27,30,33-35H,4-5,10,13-14H2,1-3H3,(H,31,36)/t16-,20-,21+,22?,23?,24-,25-,27?/m1/s1. The molecule has 0 bridgehead atoms. The van der Waals surface area contributed by atoms with Crippen molar-refractivity contribution >= 4 is 23.4 Å². The van der Waals surface area contributed by atoms with Gasteiger partial charge in [-0.25, -0.2) is 9.97 Å². The third-order valence-corrected chi connectivity index (χ3v) is 8.36. The summed E-state index contributed by atoms with van der Waals surface area (Å²) in [4.78, 5) is 23.6. The van der Waals surface area contributed by atoms with E-state index >= 15 is 0 Å². The molecule has 2 aliphatic rings. The minimum atomic E-state index is -1.39. The lowest BCUT2D eigenvalue weighted by molar-refractivity contribution is -0.204. The van der Waals surface area contributed by atoms with Crippen LogP contribution in [0.15, 0.2) is 43.0 Å². The fourth-order valence-corrected chi connectivity index (χ4v) is 6.09. The van der Waals surface area contributed by atoms with Gasteiger partial charge in [-0.15, -0.1) is 11.8 Å². The zero-order chi connectivity index (χ0) is 27.2. The highest BCUT2D eigenvalue weighted by Gasteiger charge is 2.47. The predicted octanol–water partition coefficient (Wildman–Crippen LogP) is 1.33. The summed E-state index contributed by atoms with van der Waals surface area (Å²) in [6.45, 7) is 3.27. The molecule has 4 rings (SSSR count). The summed E-state index contributed by atoms with van der Waals surface area (Å²) < 4.78 is 6.03. The average Bonchev–Trinajstić information content (AvgIpc) is 3.31. The first-order valence-electron chi connectivity index (χ1n) is 13.1. The van der Waals surface area contributed by atoms with Crippen molar-refractivity contribution in [1.29, 1.82) is 0 Å². The van der Waals surface area contributed by atoms with Crippen LogP contribution in [-0.4, -0.2) is 104 Å². The van der Waals surface area contributed by atoms with Crippen molar-refractivity contribution in [1.82, 2.24) is 20.2 Å². The predicted molar refractivity (Wildman–Crippen MR) is 148 cm³/mol. The number of likely N-dealkylation sites (N-methyl/N-ethyl adjacent to an activating group) is 1. The van der Waals surface area contributed by atoms with Crippen LogP contribution in [0.2, 0.25) is 0 Å². The van der Waals surface area contributed by atoms with Gasteiger partial charge in [0.2, 0.25) is 5.91 Å². The fourth-order valence-electron chi connectivity index (χ4n) is 5.42. The molecule has 208 valence electrons. The normalized spacial score (nSPS) is 30.6. The Morgan fingerprint density at radius 2 is 1.84 bits per heavy atom. The molecule has 1 amide bonds. The van der Waals surface area contributed by atoms with Crippen molar-refractivity contribution in [2.24, 2.45) is 5.92 Å². The highest BCUT2D eigenvalue weighted by Crippen LogP contribution is 2.30. The Morgan fingerprint density at radius 1 is 1.13 bits per heavy atom. The maximum atomic E-state index is 13.4. The maximum absolute atomic E-state index is 13.4. The Hall–Kier alpha value is -2.28. The largest absolute Gasteiger partial charge is 0.388 e. The lowest BCUT2D eigenvalue weighted by atomic mass is 9.94. The fraction of sp³-hybridized carbons (Fsp3) is 0.593. The summed E-state index contributed by atoms with van der Waals surface area (Å²) in [5.74, 6) is 0.342. The van der Waals surface area contributed by atoms with Crippen LogP contribution >= 0.6 is 11.8 Å². The van der Waals surface area contributed by atoms with E-state index in [9.17, 15) is 20.1 Å². The molecular weight excluding hydrogens is 506 g/mol. The highest BCUT2D eigenvalue weighted by atomic mass is 32.2. The minimum absolute atomic E-state index is 0.130. The van der Waals surface area contributed by atoms with Crippen LogP contribution < -0.4 is 10.6 Å². The number of anilines is 1. The van der Waals surface area contributed by atoms with Gasteiger partial charge in [0.1, 0.15) is 36.2 Å². The van der Waals surface area contributed by atoms with Crippen molar-refractivity contribution in [2.45, 2.75) is 68.1 Å². The summed E-state index contributed by atoms with van der Waals surface area (Å²) in [7, 11) is 1.96. The van der Waals surface area contributed by atoms with Crippen LogP contribution in [0, 0.1) is 5.92 Å². The summed E-state index contributed by atoms with van der Waals surface area (Å²) in [5.41, 5.74) is 1.96. The zero-order valence-corrected chi connectivity index (χ0v) is 22.9. The molecule has 11 heteroatoms. The van der Waals surface area contributed by atoms with E-state index in [0.717, 1.165) is 42.6 Å². The molecule has 38 heavy (non-hydrogen) atoms. The molecule has 0 spiro atoms. The molecule has 5 N–H and O–H groups in total. The van der Waals surface area contributed by atoms with Crippen LogP contribution in [0.5, 0.6) is 0 Å².